The quantitative estimate of drug-likeness (QED) is 0.518. The number of rotatable bonds is 3. The Hall–Kier alpha value is -1.95. The number of para-hydroxylation sites is 1. The van der Waals surface area contributed by atoms with Gasteiger partial charge in [0.05, 0.1) is 17.4 Å². The Bertz CT molecular complexity index is 750. The van der Waals surface area contributed by atoms with Crippen LogP contribution in [-0.4, -0.2) is 15.6 Å². The largest absolute Gasteiger partial charge is 0.288 e. The van der Waals surface area contributed by atoms with E-state index in [9.17, 15) is 4.79 Å². The third kappa shape index (κ3) is 2.65. The molecule has 0 atom stereocenters. The summed E-state index contributed by atoms with van der Waals surface area (Å²) in [5.74, 6) is -0.00861. The maximum absolute atomic E-state index is 12.4. The van der Waals surface area contributed by atoms with Gasteiger partial charge in [-0.25, -0.2) is 4.68 Å². The molecule has 20 heavy (non-hydrogen) atoms. The summed E-state index contributed by atoms with van der Waals surface area (Å²) < 4.78 is 2.75. The number of aromatic nitrogens is 2. The average Bonchev–Trinajstić information content (AvgIpc) is 2.97. The van der Waals surface area contributed by atoms with Crippen LogP contribution in [0.25, 0.3) is 5.69 Å². The van der Waals surface area contributed by atoms with Gasteiger partial charge in [0.1, 0.15) is 0 Å². The van der Waals surface area contributed by atoms with Crippen molar-refractivity contribution in [2.75, 3.05) is 0 Å². The number of hydrogen-bond acceptors (Lipinski definition) is 2. The highest BCUT2D eigenvalue weighted by molar-refractivity contribution is 14.1. The first kappa shape index (κ1) is 13.1. The zero-order valence-corrected chi connectivity index (χ0v) is 12.7. The van der Waals surface area contributed by atoms with Gasteiger partial charge in [0, 0.05) is 15.3 Å². The standard InChI is InChI=1S/C16H11IN2O/c17-14-6-4-5-12(9-14)16(20)13-10-18-19(11-13)15-7-2-1-3-8-15/h1-11H. The van der Waals surface area contributed by atoms with Crippen LogP contribution in [0, 0.1) is 3.57 Å². The van der Waals surface area contributed by atoms with Crippen molar-refractivity contribution >= 4 is 28.4 Å². The van der Waals surface area contributed by atoms with Gasteiger partial charge in [-0.2, -0.15) is 5.10 Å². The molecule has 0 radical (unpaired) electrons. The summed E-state index contributed by atoms with van der Waals surface area (Å²) in [6, 6.07) is 17.3. The molecule has 3 aromatic rings. The summed E-state index contributed by atoms with van der Waals surface area (Å²) in [7, 11) is 0. The lowest BCUT2D eigenvalue weighted by Crippen LogP contribution is -2.00. The maximum Gasteiger partial charge on any atom is 0.196 e. The van der Waals surface area contributed by atoms with Crippen molar-refractivity contribution in [2.45, 2.75) is 0 Å². The van der Waals surface area contributed by atoms with Crippen LogP contribution >= 0.6 is 22.6 Å². The lowest BCUT2D eigenvalue weighted by molar-refractivity contribution is 0.103. The molecular formula is C16H11IN2O. The van der Waals surface area contributed by atoms with E-state index >= 15 is 0 Å². The van der Waals surface area contributed by atoms with E-state index in [1.807, 2.05) is 54.6 Å². The van der Waals surface area contributed by atoms with E-state index < -0.39 is 0 Å². The number of hydrogen-bond donors (Lipinski definition) is 0. The fourth-order valence-electron chi connectivity index (χ4n) is 1.96. The number of carbonyl (C=O) groups is 1. The van der Waals surface area contributed by atoms with Crippen molar-refractivity contribution in [1.29, 1.82) is 0 Å². The van der Waals surface area contributed by atoms with Crippen LogP contribution in [0.1, 0.15) is 15.9 Å². The van der Waals surface area contributed by atoms with Gasteiger partial charge >= 0.3 is 0 Å². The normalized spacial score (nSPS) is 10.4. The molecule has 3 nitrogen and oxygen atoms in total. The molecule has 0 amide bonds. The van der Waals surface area contributed by atoms with E-state index in [2.05, 4.69) is 27.7 Å². The van der Waals surface area contributed by atoms with Crippen molar-refractivity contribution in [1.82, 2.24) is 9.78 Å². The van der Waals surface area contributed by atoms with Crippen molar-refractivity contribution in [3.63, 3.8) is 0 Å². The maximum atomic E-state index is 12.4. The summed E-state index contributed by atoms with van der Waals surface area (Å²) in [6.45, 7) is 0. The third-order valence-corrected chi connectivity index (χ3v) is 3.62. The second kappa shape index (κ2) is 5.58. The summed E-state index contributed by atoms with van der Waals surface area (Å²) in [5, 5.41) is 4.25. The summed E-state index contributed by atoms with van der Waals surface area (Å²) >= 11 is 2.20. The van der Waals surface area contributed by atoms with E-state index in [-0.39, 0.29) is 5.78 Å². The highest BCUT2D eigenvalue weighted by Gasteiger charge is 2.12. The lowest BCUT2D eigenvalue weighted by atomic mass is 10.1. The van der Waals surface area contributed by atoms with E-state index in [4.69, 9.17) is 0 Å². The monoisotopic (exact) mass is 374 g/mol. The second-order valence-electron chi connectivity index (χ2n) is 4.35. The zero-order valence-electron chi connectivity index (χ0n) is 10.5. The van der Waals surface area contributed by atoms with Gasteiger partial charge in [-0.3, -0.25) is 4.79 Å². The fourth-order valence-corrected chi connectivity index (χ4v) is 2.50. The van der Waals surface area contributed by atoms with Crippen LogP contribution in [0.3, 0.4) is 0 Å². The van der Waals surface area contributed by atoms with Gasteiger partial charge in [0.15, 0.2) is 5.78 Å². The minimum Gasteiger partial charge on any atom is -0.288 e. The summed E-state index contributed by atoms with van der Waals surface area (Å²) in [4.78, 5) is 12.4. The molecule has 1 aromatic heterocycles. The van der Waals surface area contributed by atoms with Crippen LogP contribution < -0.4 is 0 Å². The lowest BCUT2D eigenvalue weighted by Gasteiger charge is -2.00. The number of halogens is 1. The Morgan fingerprint density at radius 3 is 2.55 bits per heavy atom. The number of ketones is 1. The van der Waals surface area contributed by atoms with E-state index in [0.717, 1.165) is 9.26 Å². The highest BCUT2D eigenvalue weighted by Crippen LogP contribution is 2.14. The minimum absolute atomic E-state index is 0.00861. The minimum atomic E-state index is -0.00861. The van der Waals surface area contributed by atoms with E-state index in [0.29, 0.717) is 11.1 Å². The van der Waals surface area contributed by atoms with Crippen molar-refractivity contribution in [2.24, 2.45) is 0 Å². The first-order chi connectivity index (χ1) is 9.74. The predicted octanol–water partition coefficient (Wildman–Crippen LogP) is 3.71. The molecule has 0 aliphatic carbocycles. The zero-order chi connectivity index (χ0) is 13.9. The molecule has 0 saturated heterocycles. The number of benzene rings is 2. The summed E-state index contributed by atoms with van der Waals surface area (Å²) in [6.07, 6.45) is 3.37. The Kier molecular flexibility index (Phi) is 3.64. The molecule has 2 aromatic carbocycles. The van der Waals surface area contributed by atoms with Crippen LogP contribution in [0.4, 0.5) is 0 Å². The molecule has 0 saturated carbocycles. The van der Waals surface area contributed by atoms with Crippen LogP contribution in [0.5, 0.6) is 0 Å². The molecule has 98 valence electrons. The molecule has 1 heterocycles. The Labute approximate surface area is 130 Å². The Morgan fingerprint density at radius 2 is 1.80 bits per heavy atom. The van der Waals surface area contributed by atoms with Gasteiger partial charge in [-0.05, 0) is 46.9 Å². The van der Waals surface area contributed by atoms with Crippen molar-refractivity contribution in [3.8, 4) is 5.69 Å². The molecule has 3 rings (SSSR count). The van der Waals surface area contributed by atoms with E-state index in [1.54, 1.807) is 17.1 Å². The van der Waals surface area contributed by atoms with Crippen LogP contribution in [0.2, 0.25) is 0 Å². The highest BCUT2D eigenvalue weighted by atomic mass is 127. The van der Waals surface area contributed by atoms with Crippen LogP contribution in [-0.2, 0) is 0 Å². The first-order valence-corrected chi connectivity index (χ1v) is 7.22. The average molecular weight is 374 g/mol. The summed E-state index contributed by atoms with van der Waals surface area (Å²) in [5.41, 5.74) is 2.22. The number of carbonyl (C=O) groups excluding carboxylic acids is 1. The predicted molar refractivity (Wildman–Crippen MR) is 86.2 cm³/mol. The Morgan fingerprint density at radius 1 is 1.00 bits per heavy atom. The molecule has 0 bridgehead atoms. The molecule has 0 spiro atoms. The topological polar surface area (TPSA) is 34.9 Å². The molecule has 0 N–H and O–H groups in total. The first-order valence-electron chi connectivity index (χ1n) is 6.14. The molecule has 0 fully saturated rings. The number of nitrogens with zero attached hydrogens (tertiary/aromatic N) is 2. The van der Waals surface area contributed by atoms with Gasteiger partial charge in [-0.15, -0.1) is 0 Å². The van der Waals surface area contributed by atoms with Gasteiger partial charge < -0.3 is 0 Å². The van der Waals surface area contributed by atoms with Gasteiger partial charge in [-0.1, -0.05) is 30.3 Å². The third-order valence-electron chi connectivity index (χ3n) is 2.95. The van der Waals surface area contributed by atoms with Gasteiger partial charge in [0.2, 0.25) is 0 Å². The SMILES string of the molecule is O=C(c1cccc(I)c1)c1cnn(-c2ccccc2)c1. The van der Waals surface area contributed by atoms with Crippen LogP contribution in [0.15, 0.2) is 67.0 Å². The molecule has 0 aliphatic rings. The molecule has 0 aliphatic heterocycles. The molecular weight excluding hydrogens is 363 g/mol. The second-order valence-corrected chi connectivity index (χ2v) is 5.59. The molecule has 4 heteroatoms. The smallest absolute Gasteiger partial charge is 0.196 e. The van der Waals surface area contributed by atoms with Crippen molar-refractivity contribution in [3.05, 3.63) is 81.7 Å². The Balaban J connectivity index is 1.93. The van der Waals surface area contributed by atoms with E-state index in [1.165, 1.54) is 0 Å². The fraction of sp³-hybridized carbons (Fsp3) is 0. The van der Waals surface area contributed by atoms with Gasteiger partial charge in [0.25, 0.3) is 0 Å². The molecule has 0 unspecified atom stereocenters. The van der Waals surface area contributed by atoms with Crippen molar-refractivity contribution < 1.29 is 4.79 Å².